The third kappa shape index (κ3) is 2.36. The number of benzene rings is 2. The number of pyridine rings is 1. The van der Waals surface area contributed by atoms with Crippen LogP contribution in [-0.2, 0) is 6.54 Å². The van der Waals surface area contributed by atoms with E-state index >= 15 is 0 Å². The fourth-order valence-corrected chi connectivity index (χ4v) is 3.37. The lowest BCUT2D eigenvalue weighted by atomic mass is 10.1. The van der Waals surface area contributed by atoms with Gasteiger partial charge in [-0.25, -0.2) is 0 Å². The van der Waals surface area contributed by atoms with Gasteiger partial charge in [0, 0.05) is 24.5 Å². The summed E-state index contributed by atoms with van der Waals surface area (Å²) in [4.78, 5) is 38.5. The molecule has 0 radical (unpaired) electrons. The highest BCUT2D eigenvalue weighted by atomic mass is 16.2. The predicted octanol–water partition coefficient (Wildman–Crippen LogP) is 2.61. The molecular weight excluding hydrogens is 316 g/mol. The molecule has 4 rings (SSSR count). The van der Waals surface area contributed by atoms with E-state index in [1.807, 2.05) is 31.2 Å². The summed E-state index contributed by atoms with van der Waals surface area (Å²) in [6, 6.07) is 16.0. The first-order valence-corrected chi connectivity index (χ1v) is 8.12. The maximum absolute atomic E-state index is 12.4. The molecule has 0 bridgehead atoms. The van der Waals surface area contributed by atoms with Crippen molar-refractivity contribution < 1.29 is 9.59 Å². The SMILES string of the molecule is Cc1cc(=O)n(CCN2C(=O)c3ccccc3C2=O)c2ccccc12. The fraction of sp³-hybridized carbons (Fsp3) is 0.150. The minimum Gasteiger partial charge on any atom is -0.306 e. The fourth-order valence-electron chi connectivity index (χ4n) is 3.37. The zero-order chi connectivity index (χ0) is 17.6. The summed E-state index contributed by atoms with van der Waals surface area (Å²) >= 11 is 0. The van der Waals surface area contributed by atoms with E-state index < -0.39 is 0 Å². The Bertz CT molecular complexity index is 1050. The van der Waals surface area contributed by atoms with Gasteiger partial charge in [-0.3, -0.25) is 19.3 Å². The quantitative estimate of drug-likeness (QED) is 0.693. The topological polar surface area (TPSA) is 59.4 Å². The second kappa shape index (κ2) is 5.70. The number of aryl methyl sites for hydroxylation is 1. The first-order chi connectivity index (χ1) is 12.1. The molecule has 0 saturated heterocycles. The summed E-state index contributed by atoms with van der Waals surface area (Å²) in [7, 11) is 0. The monoisotopic (exact) mass is 332 g/mol. The summed E-state index contributed by atoms with van der Waals surface area (Å²) in [6.07, 6.45) is 0. The van der Waals surface area contributed by atoms with Gasteiger partial charge in [0.05, 0.1) is 16.6 Å². The molecule has 5 heteroatoms. The van der Waals surface area contributed by atoms with Crippen LogP contribution in [0.5, 0.6) is 0 Å². The maximum atomic E-state index is 12.4. The maximum Gasteiger partial charge on any atom is 0.261 e. The standard InChI is InChI=1S/C20H16N2O3/c1-13-12-18(23)21(17-9-5-4-6-14(13)17)10-11-22-19(24)15-7-2-3-8-16(15)20(22)25/h2-9,12H,10-11H2,1H3. The number of rotatable bonds is 3. The Balaban J connectivity index is 1.68. The molecule has 2 aromatic carbocycles. The van der Waals surface area contributed by atoms with E-state index in [2.05, 4.69) is 0 Å². The van der Waals surface area contributed by atoms with E-state index in [9.17, 15) is 14.4 Å². The highest BCUT2D eigenvalue weighted by Crippen LogP contribution is 2.22. The van der Waals surface area contributed by atoms with Gasteiger partial charge in [0.2, 0.25) is 0 Å². The lowest BCUT2D eigenvalue weighted by Crippen LogP contribution is -2.35. The van der Waals surface area contributed by atoms with Crippen molar-refractivity contribution in [3.05, 3.63) is 81.6 Å². The largest absolute Gasteiger partial charge is 0.306 e. The van der Waals surface area contributed by atoms with Crippen LogP contribution < -0.4 is 5.56 Å². The van der Waals surface area contributed by atoms with Crippen molar-refractivity contribution in [3.63, 3.8) is 0 Å². The van der Waals surface area contributed by atoms with Crippen LogP contribution >= 0.6 is 0 Å². The minimum absolute atomic E-state index is 0.132. The van der Waals surface area contributed by atoms with Crippen molar-refractivity contribution in [2.45, 2.75) is 13.5 Å². The molecule has 0 fully saturated rings. The number of nitrogens with zero attached hydrogens (tertiary/aromatic N) is 2. The lowest BCUT2D eigenvalue weighted by Gasteiger charge is -2.17. The molecule has 0 spiro atoms. The van der Waals surface area contributed by atoms with Crippen molar-refractivity contribution in [1.29, 1.82) is 0 Å². The Hall–Kier alpha value is -3.21. The number of aromatic nitrogens is 1. The van der Waals surface area contributed by atoms with E-state index in [-0.39, 0.29) is 30.5 Å². The Morgan fingerprint density at radius 3 is 2.08 bits per heavy atom. The predicted molar refractivity (Wildman–Crippen MR) is 94.8 cm³/mol. The molecule has 0 N–H and O–H groups in total. The molecule has 0 saturated carbocycles. The van der Waals surface area contributed by atoms with Crippen molar-refractivity contribution in [1.82, 2.24) is 9.47 Å². The average Bonchev–Trinajstić information content (AvgIpc) is 2.86. The third-order valence-corrected chi connectivity index (χ3v) is 4.65. The van der Waals surface area contributed by atoms with Gasteiger partial charge in [-0.15, -0.1) is 0 Å². The molecule has 3 aromatic rings. The summed E-state index contributed by atoms with van der Waals surface area (Å²) in [5, 5.41) is 0.990. The molecule has 1 aliphatic rings. The first kappa shape index (κ1) is 15.3. The molecule has 0 aliphatic carbocycles. The van der Waals surface area contributed by atoms with Gasteiger partial charge in [-0.1, -0.05) is 30.3 Å². The number of carbonyl (C=O) groups excluding carboxylic acids is 2. The van der Waals surface area contributed by atoms with Crippen LogP contribution in [0.15, 0.2) is 59.4 Å². The molecular formula is C20H16N2O3. The molecule has 2 amide bonds. The number of imide groups is 1. The van der Waals surface area contributed by atoms with Gasteiger partial charge in [0.1, 0.15) is 0 Å². The average molecular weight is 332 g/mol. The lowest BCUT2D eigenvalue weighted by molar-refractivity contribution is 0.0649. The third-order valence-electron chi connectivity index (χ3n) is 4.65. The summed E-state index contributed by atoms with van der Waals surface area (Å²) in [5.41, 5.74) is 2.44. The number of fused-ring (bicyclic) bond motifs is 2. The molecule has 25 heavy (non-hydrogen) atoms. The zero-order valence-electron chi connectivity index (χ0n) is 13.7. The Kier molecular flexibility index (Phi) is 3.50. The van der Waals surface area contributed by atoms with Crippen molar-refractivity contribution in [2.75, 3.05) is 6.54 Å². The highest BCUT2D eigenvalue weighted by molar-refractivity contribution is 6.21. The molecule has 0 unspecified atom stereocenters. The smallest absolute Gasteiger partial charge is 0.261 e. The van der Waals surface area contributed by atoms with Gasteiger partial charge in [0.15, 0.2) is 0 Å². The molecule has 1 aromatic heterocycles. The van der Waals surface area contributed by atoms with Gasteiger partial charge < -0.3 is 4.57 Å². The number of amides is 2. The van der Waals surface area contributed by atoms with Crippen LogP contribution in [0.25, 0.3) is 10.9 Å². The van der Waals surface area contributed by atoms with Gasteiger partial charge >= 0.3 is 0 Å². The minimum atomic E-state index is -0.301. The van der Waals surface area contributed by atoms with E-state index in [0.29, 0.717) is 11.1 Å². The van der Waals surface area contributed by atoms with Crippen molar-refractivity contribution >= 4 is 22.7 Å². The van der Waals surface area contributed by atoms with Crippen LogP contribution in [0, 0.1) is 6.92 Å². The number of para-hydroxylation sites is 1. The zero-order valence-corrected chi connectivity index (χ0v) is 13.7. The Morgan fingerprint density at radius 2 is 1.40 bits per heavy atom. The van der Waals surface area contributed by atoms with E-state index in [0.717, 1.165) is 16.5 Å². The summed E-state index contributed by atoms with van der Waals surface area (Å²) in [5.74, 6) is -0.602. The normalized spacial score (nSPS) is 13.6. The number of carbonyl (C=O) groups is 2. The van der Waals surface area contributed by atoms with Crippen molar-refractivity contribution in [3.8, 4) is 0 Å². The molecule has 5 nitrogen and oxygen atoms in total. The first-order valence-electron chi connectivity index (χ1n) is 8.12. The van der Waals surface area contributed by atoms with E-state index in [1.54, 1.807) is 34.9 Å². The molecule has 124 valence electrons. The van der Waals surface area contributed by atoms with E-state index in [4.69, 9.17) is 0 Å². The Morgan fingerprint density at radius 1 is 0.800 bits per heavy atom. The van der Waals surface area contributed by atoms with Gasteiger partial charge in [0.25, 0.3) is 17.4 Å². The number of hydrogen-bond acceptors (Lipinski definition) is 3. The van der Waals surface area contributed by atoms with Gasteiger partial charge in [-0.05, 0) is 30.7 Å². The van der Waals surface area contributed by atoms with E-state index in [1.165, 1.54) is 4.90 Å². The summed E-state index contributed by atoms with van der Waals surface area (Å²) in [6.45, 7) is 2.34. The second-order valence-corrected chi connectivity index (χ2v) is 6.14. The van der Waals surface area contributed by atoms with Crippen molar-refractivity contribution in [2.24, 2.45) is 0 Å². The second-order valence-electron chi connectivity index (χ2n) is 6.14. The molecule has 2 heterocycles. The molecule has 1 aliphatic heterocycles. The van der Waals surface area contributed by atoms with Crippen LogP contribution in [0.2, 0.25) is 0 Å². The van der Waals surface area contributed by atoms with Crippen LogP contribution in [0.3, 0.4) is 0 Å². The number of hydrogen-bond donors (Lipinski definition) is 0. The van der Waals surface area contributed by atoms with Crippen LogP contribution in [-0.4, -0.2) is 27.8 Å². The Labute approximate surface area is 144 Å². The van der Waals surface area contributed by atoms with Gasteiger partial charge in [-0.2, -0.15) is 0 Å². The van der Waals surface area contributed by atoms with Crippen LogP contribution in [0.4, 0.5) is 0 Å². The molecule has 0 atom stereocenters. The summed E-state index contributed by atoms with van der Waals surface area (Å²) < 4.78 is 1.62. The highest BCUT2D eigenvalue weighted by Gasteiger charge is 2.34. The van der Waals surface area contributed by atoms with Crippen LogP contribution in [0.1, 0.15) is 26.3 Å².